The fourth-order valence-corrected chi connectivity index (χ4v) is 4.17. The molecule has 0 bridgehead atoms. The number of carbonyl (C=O) groups excluding carboxylic acids is 1. The van der Waals surface area contributed by atoms with Crippen LogP contribution in [0, 0.1) is 6.92 Å². The zero-order valence-corrected chi connectivity index (χ0v) is 14.0. The number of aromatic nitrogens is 1. The summed E-state index contributed by atoms with van der Waals surface area (Å²) in [5.41, 5.74) is 0. The highest BCUT2D eigenvalue weighted by molar-refractivity contribution is 7.15. The van der Waals surface area contributed by atoms with Crippen LogP contribution in [0.4, 0.5) is 9.93 Å². The molecule has 1 N–H and O–H groups in total. The fraction of sp³-hybridized carbons (Fsp3) is 0.750. The van der Waals surface area contributed by atoms with Gasteiger partial charge in [-0.05, 0) is 32.6 Å². The maximum absolute atomic E-state index is 12.9. The van der Waals surface area contributed by atoms with Gasteiger partial charge in [-0.2, -0.15) is 0 Å². The zero-order valence-electron chi connectivity index (χ0n) is 13.2. The second-order valence-corrected chi connectivity index (χ2v) is 7.48. The normalized spacial score (nSPS) is 20.8. The van der Waals surface area contributed by atoms with Crippen molar-refractivity contribution in [1.82, 2.24) is 9.88 Å². The molecule has 22 heavy (non-hydrogen) atoms. The third-order valence-electron chi connectivity index (χ3n) is 4.62. The number of hydrogen-bond acceptors (Lipinski definition) is 4. The molecule has 0 spiro atoms. The first kappa shape index (κ1) is 15.7. The first-order chi connectivity index (χ1) is 10.7. The van der Waals surface area contributed by atoms with Gasteiger partial charge in [0.15, 0.2) is 5.13 Å². The molecule has 0 radical (unpaired) electrons. The van der Waals surface area contributed by atoms with Crippen LogP contribution in [0.25, 0.3) is 0 Å². The van der Waals surface area contributed by atoms with Crippen molar-refractivity contribution < 1.29 is 9.53 Å². The molecule has 2 amide bonds. The van der Waals surface area contributed by atoms with Crippen molar-refractivity contribution in [2.24, 2.45) is 0 Å². The lowest BCUT2D eigenvalue weighted by molar-refractivity contribution is 0.0302. The standard InChI is InChI=1S/C16H25N3O2S/c1-12-11-17-15(22-12)18-16(20)19(13-5-3-2-4-6-13)14-7-9-21-10-8-14/h11,13-14H,2-10H2,1H3,(H,17,18,20). The van der Waals surface area contributed by atoms with E-state index < -0.39 is 0 Å². The molecule has 1 aromatic heterocycles. The summed E-state index contributed by atoms with van der Waals surface area (Å²) in [5, 5.41) is 3.72. The number of amides is 2. The monoisotopic (exact) mass is 323 g/mol. The van der Waals surface area contributed by atoms with Crippen molar-refractivity contribution in [3.05, 3.63) is 11.1 Å². The van der Waals surface area contributed by atoms with Crippen LogP contribution >= 0.6 is 11.3 Å². The van der Waals surface area contributed by atoms with Crippen molar-refractivity contribution in [1.29, 1.82) is 0 Å². The molecule has 1 aliphatic carbocycles. The van der Waals surface area contributed by atoms with Crippen molar-refractivity contribution in [3.8, 4) is 0 Å². The van der Waals surface area contributed by atoms with Crippen LogP contribution in [0.15, 0.2) is 6.20 Å². The number of carbonyl (C=O) groups is 1. The molecule has 1 saturated carbocycles. The lowest BCUT2D eigenvalue weighted by Crippen LogP contribution is -2.51. The highest BCUT2D eigenvalue weighted by Crippen LogP contribution is 2.28. The molecule has 1 saturated heterocycles. The Hall–Kier alpha value is -1.14. The molecule has 2 heterocycles. The summed E-state index contributed by atoms with van der Waals surface area (Å²) < 4.78 is 5.47. The molecular weight excluding hydrogens is 298 g/mol. The molecule has 3 rings (SSSR count). The minimum absolute atomic E-state index is 0.0214. The molecule has 2 fully saturated rings. The zero-order chi connectivity index (χ0) is 15.4. The van der Waals surface area contributed by atoms with Crippen LogP contribution in [0.5, 0.6) is 0 Å². The molecule has 6 heteroatoms. The van der Waals surface area contributed by atoms with E-state index in [2.05, 4.69) is 15.2 Å². The Kier molecular flexibility index (Phi) is 5.31. The van der Waals surface area contributed by atoms with Crippen molar-refractivity contribution in [3.63, 3.8) is 0 Å². The molecule has 5 nitrogen and oxygen atoms in total. The van der Waals surface area contributed by atoms with Crippen molar-refractivity contribution >= 4 is 22.5 Å². The highest BCUT2D eigenvalue weighted by Gasteiger charge is 2.33. The Labute approximate surface area is 136 Å². The molecule has 0 unspecified atom stereocenters. The summed E-state index contributed by atoms with van der Waals surface area (Å²) in [7, 11) is 0. The second-order valence-electron chi connectivity index (χ2n) is 6.25. The number of thiazole rings is 1. The lowest BCUT2D eigenvalue weighted by Gasteiger charge is -2.41. The first-order valence-electron chi connectivity index (χ1n) is 8.33. The van der Waals surface area contributed by atoms with E-state index in [1.807, 2.05) is 6.92 Å². The van der Waals surface area contributed by atoms with E-state index in [1.54, 1.807) is 6.20 Å². The Morgan fingerprint density at radius 1 is 1.23 bits per heavy atom. The highest BCUT2D eigenvalue weighted by atomic mass is 32.1. The quantitative estimate of drug-likeness (QED) is 0.920. The number of ether oxygens (including phenoxy) is 1. The Balaban J connectivity index is 1.72. The maximum atomic E-state index is 12.9. The van der Waals surface area contributed by atoms with Gasteiger partial charge in [0.25, 0.3) is 0 Å². The summed E-state index contributed by atoms with van der Waals surface area (Å²) in [4.78, 5) is 20.4. The van der Waals surface area contributed by atoms with Gasteiger partial charge in [0.1, 0.15) is 0 Å². The number of anilines is 1. The van der Waals surface area contributed by atoms with Gasteiger partial charge in [0.2, 0.25) is 0 Å². The SMILES string of the molecule is Cc1cnc(NC(=O)N(C2CCCCC2)C2CCOCC2)s1. The van der Waals surface area contributed by atoms with Gasteiger partial charge in [-0.1, -0.05) is 19.3 Å². The summed E-state index contributed by atoms with van der Waals surface area (Å²) in [5.74, 6) is 0. The molecular formula is C16H25N3O2S. The maximum Gasteiger partial charge on any atom is 0.324 e. The molecule has 0 atom stereocenters. The van der Waals surface area contributed by atoms with Crippen molar-refractivity contribution in [2.45, 2.75) is 64.0 Å². The van der Waals surface area contributed by atoms with Crippen LogP contribution in [-0.4, -0.2) is 41.2 Å². The number of rotatable bonds is 3. The van der Waals surface area contributed by atoms with E-state index in [4.69, 9.17) is 4.74 Å². The van der Waals surface area contributed by atoms with Gasteiger partial charge < -0.3 is 9.64 Å². The van der Waals surface area contributed by atoms with E-state index in [9.17, 15) is 4.79 Å². The Bertz CT molecular complexity index is 475. The van der Waals surface area contributed by atoms with E-state index in [-0.39, 0.29) is 6.03 Å². The minimum atomic E-state index is 0.0214. The van der Waals surface area contributed by atoms with E-state index >= 15 is 0 Å². The van der Waals surface area contributed by atoms with E-state index in [1.165, 1.54) is 30.6 Å². The average molecular weight is 323 g/mol. The third kappa shape index (κ3) is 3.79. The van der Waals surface area contributed by atoms with Gasteiger partial charge in [-0.15, -0.1) is 11.3 Å². The third-order valence-corrected chi connectivity index (χ3v) is 5.45. The Morgan fingerprint density at radius 3 is 2.55 bits per heavy atom. The van der Waals surface area contributed by atoms with Crippen LogP contribution in [-0.2, 0) is 4.74 Å². The average Bonchev–Trinajstić information content (AvgIpc) is 2.95. The predicted molar refractivity (Wildman–Crippen MR) is 88.4 cm³/mol. The lowest BCUT2D eigenvalue weighted by atomic mass is 9.92. The predicted octanol–water partition coefficient (Wildman–Crippen LogP) is 3.80. The number of aryl methyl sites for hydroxylation is 1. The Morgan fingerprint density at radius 2 is 1.91 bits per heavy atom. The topological polar surface area (TPSA) is 54.5 Å². The van der Waals surface area contributed by atoms with Gasteiger partial charge in [0, 0.05) is 36.4 Å². The molecule has 1 aromatic rings. The van der Waals surface area contributed by atoms with Crippen molar-refractivity contribution in [2.75, 3.05) is 18.5 Å². The first-order valence-corrected chi connectivity index (χ1v) is 9.15. The fourth-order valence-electron chi connectivity index (χ4n) is 3.52. The van der Waals surface area contributed by atoms with E-state index in [0.717, 1.165) is 43.8 Å². The summed E-state index contributed by atoms with van der Waals surface area (Å²) in [6, 6.07) is 0.698. The summed E-state index contributed by atoms with van der Waals surface area (Å²) in [6.07, 6.45) is 9.71. The molecule has 2 aliphatic rings. The van der Waals surface area contributed by atoms with Crippen LogP contribution in [0.1, 0.15) is 49.8 Å². The molecule has 0 aromatic carbocycles. The number of nitrogens with zero attached hydrogens (tertiary/aromatic N) is 2. The molecule has 122 valence electrons. The summed E-state index contributed by atoms with van der Waals surface area (Å²) in [6.45, 7) is 3.53. The number of hydrogen-bond donors (Lipinski definition) is 1. The van der Waals surface area contributed by atoms with Gasteiger partial charge >= 0.3 is 6.03 Å². The minimum Gasteiger partial charge on any atom is -0.381 e. The van der Waals surface area contributed by atoms with E-state index in [0.29, 0.717) is 17.2 Å². The number of urea groups is 1. The van der Waals surface area contributed by atoms with Gasteiger partial charge in [-0.25, -0.2) is 9.78 Å². The second kappa shape index (κ2) is 7.42. The van der Waals surface area contributed by atoms with Crippen LogP contribution < -0.4 is 5.32 Å². The van der Waals surface area contributed by atoms with Crippen LogP contribution in [0.3, 0.4) is 0 Å². The van der Waals surface area contributed by atoms with Gasteiger partial charge in [0.05, 0.1) is 0 Å². The van der Waals surface area contributed by atoms with Gasteiger partial charge in [-0.3, -0.25) is 5.32 Å². The largest absolute Gasteiger partial charge is 0.381 e. The summed E-state index contributed by atoms with van der Waals surface area (Å²) >= 11 is 1.53. The smallest absolute Gasteiger partial charge is 0.324 e. The number of nitrogens with one attached hydrogen (secondary N) is 1. The van der Waals surface area contributed by atoms with Crippen LogP contribution in [0.2, 0.25) is 0 Å². The molecule has 1 aliphatic heterocycles.